The van der Waals surface area contributed by atoms with Gasteiger partial charge in [0, 0.05) is 18.1 Å². The second-order valence-electron chi connectivity index (χ2n) is 6.58. The van der Waals surface area contributed by atoms with E-state index in [9.17, 15) is 4.79 Å². The first-order valence-electron chi connectivity index (χ1n) is 9.11. The lowest BCUT2D eigenvalue weighted by Crippen LogP contribution is -2.34. The molecule has 1 amide bonds. The Kier molecular flexibility index (Phi) is 5.57. The van der Waals surface area contributed by atoms with E-state index < -0.39 is 0 Å². The largest absolute Gasteiger partial charge is 0.349 e. The molecule has 0 saturated carbocycles. The highest BCUT2D eigenvalue weighted by atomic mass is 35.5. The molecule has 1 aliphatic heterocycles. The second-order valence-corrected chi connectivity index (χ2v) is 7.97. The van der Waals surface area contributed by atoms with Gasteiger partial charge in [0.25, 0.3) is 5.91 Å². The maximum Gasteiger partial charge on any atom is 0.270 e. The van der Waals surface area contributed by atoms with Gasteiger partial charge in [0.1, 0.15) is 11.4 Å². The highest BCUT2D eigenvalue weighted by Gasteiger charge is 2.18. The van der Waals surface area contributed by atoms with E-state index in [2.05, 4.69) is 15.3 Å². The number of likely N-dealkylation sites (tertiary alicyclic amines) is 1. The number of aromatic nitrogens is 2. The van der Waals surface area contributed by atoms with E-state index in [1.54, 1.807) is 28.2 Å². The smallest absolute Gasteiger partial charge is 0.270 e. The van der Waals surface area contributed by atoms with Gasteiger partial charge in [-0.2, -0.15) is 5.10 Å². The molecule has 0 atom stereocenters. The van der Waals surface area contributed by atoms with E-state index in [1.165, 1.54) is 12.8 Å². The normalized spacial score (nSPS) is 14.6. The first kappa shape index (κ1) is 18.2. The van der Waals surface area contributed by atoms with Crippen LogP contribution in [0.3, 0.4) is 0 Å². The van der Waals surface area contributed by atoms with Crippen LogP contribution >= 0.6 is 22.9 Å². The molecule has 3 aromatic rings. The number of amides is 1. The lowest BCUT2D eigenvalue weighted by molar-refractivity contribution is 0.0942. The van der Waals surface area contributed by atoms with Gasteiger partial charge in [-0.25, -0.2) is 4.68 Å². The summed E-state index contributed by atoms with van der Waals surface area (Å²) in [7, 11) is 0. The van der Waals surface area contributed by atoms with Crippen molar-refractivity contribution in [2.75, 3.05) is 26.2 Å². The number of thiophene rings is 1. The molecular formula is C20H21ClN4OS. The summed E-state index contributed by atoms with van der Waals surface area (Å²) in [4.78, 5) is 16.3. The molecule has 3 heterocycles. The Morgan fingerprint density at radius 3 is 2.67 bits per heavy atom. The van der Waals surface area contributed by atoms with Crippen LogP contribution in [0.4, 0.5) is 0 Å². The number of carbonyl (C=O) groups excluding carboxylic acids is 1. The zero-order valence-corrected chi connectivity index (χ0v) is 16.5. The van der Waals surface area contributed by atoms with E-state index in [1.807, 2.05) is 35.7 Å². The van der Waals surface area contributed by atoms with E-state index in [-0.39, 0.29) is 5.91 Å². The number of halogens is 1. The van der Waals surface area contributed by atoms with Crippen molar-refractivity contribution in [3.63, 3.8) is 0 Å². The Hall–Kier alpha value is -2.15. The third-order valence-electron chi connectivity index (χ3n) is 4.70. The van der Waals surface area contributed by atoms with Crippen molar-refractivity contribution >= 4 is 28.8 Å². The molecule has 0 radical (unpaired) electrons. The lowest BCUT2D eigenvalue weighted by atomic mass is 10.2. The summed E-state index contributed by atoms with van der Waals surface area (Å²) in [5, 5.41) is 10.4. The maximum absolute atomic E-state index is 12.8. The van der Waals surface area contributed by atoms with Crippen molar-refractivity contribution < 1.29 is 4.79 Å². The van der Waals surface area contributed by atoms with Gasteiger partial charge in [0.2, 0.25) is 0 Å². The predicted octanol–water partition coefficient (Wildman–Crippen LogP) is 4.08. The summed E-state index contributed by atoms with van der Waals surface area (Å²) in [6.45, 7) is 3.78. The summed E-state index contributed by atoms with van der Waals surface area (Å²) < 4.78 is 1.69. The Labute approximate surface area is 167 Å². The number of carbonyl (C=O) groups is 1. The standard InChI is InChI=1S/C20H21ClN4OS/c21-15-5-7-16(8-6-15)25-18(14-17(23-25)19-4-3-13-27-19)20(26)22-9-12-24-10-1-2-11-24/h3-8,13-14H,1-2,9-12H2,(H,22,26). The summed E-state index contributed by atoms with van der Waals surface area (Å²) in [6, 6.07) is 13.2. The fourth-order valence-electron chi connectivity index (χ4n) is 3.29. The average molecular weight is 401 g/mol. The molecular weight excluding hydrogens is 380 g/mol. The Morgan fingerprint density at radius 1 is 1.19 bits per heavy atom. The second kappa shape index (κ2) is 8.25. The molecule has 0 unspecified atom stereocenters. The molecule has 4 rings (SSSR count). The van der Waals surface area contributed by atoms with Crippen LogP contribution in [-0.4, -0.2) is 46.8 Å². The molecule has 5 nitrogen and oxygen atoms in total. The number of nitrogens with zero attached hydrogens (tertiary/aromatic N) is 3. The molecule has 2 aromatic heterocycles. The van der Waals surface area contributed by atoms with Crippen molar-refractivity contribution in [2.45, 2.75) is 12.8 Å². The summed E-state index contributed by atoms with van der Waals surface area (Å²) in [5.74, 6) is -0.112. The van der Waals surface area contributed by atoms with Gasteiger partial charge in [0.05, 0.1) is 10.6 Å². The van der Waals surface area contributed by atoms with Gasteiger partial charge in [0.15, 0.2) is 0 Å². The molecule has 1 N–H and O–H groups in total. The van der Waals surface area contributed by atoms with E-state index >= 15 is 0 Å². The molecule has 1 fully saturated rings. The van der Waals surface area contributed by atoms with Crippen LogP contribution in [0, 0.1) is 0 Å². The fraction of sp³-hybridized carbons (Fsp3) is 0.300. The van der Waals surface area contributed by atoms with Crippen LogP contribution in [0.1, 0.15) is 23.3 Å². The minimum atomic E-state index is -0.112. The number of hydrogen-bond donors (Lipinski definition) is 1. The molecule has 27 heavy (non-hydrogen) atoms. The monoisotopic (exact) mass is 400 g/mol. The molecule has 7 heteroatoms. The average Bonchev–Trinajstić information content (AvgIpc) is 3.43. The molecule has 1 aromatic carbocycles. The van der Waals surface area contributed by atoms with Gasteiger partial charge in [-0.1, -0.05) is 17.7 Å². The molecule has 0 bridgehead atoms. The first-order valence-corrected chi connectivity index (χ1v) is 10.4. The van der Waals surface area contributed by atoms with E-state index in [0.717, 1.165) is 35.9 Å². The fourth-order valence-corrected chi connectivity index (χ4v) is 4.10. The van der Waals surface area contributed by atoms with Gasteiger partial charge in [-0.3, -0.25) is 4.79 Å². The third-order valence-corrected chi connectivity index (χ3v) is 5.84. The number of rotatable bonds is 6. The molecule has 0 spiro atoms. The third kappa shape index (κ3) is 4.24. The quantitative estimate of drug-likeness (QED) is 0.678. The van der Waals surface area contributed by atoms with Crippen molar-refractivity contribution in [3.8, 4) is 16.3 Å². The van der Waals surface area contributed by atoms with Crippen molar-refractivity contribution in [2.24, 2.45) is 0 Å². The number of nitrogens with one attached hydrogen (secondary N) is 1. The zero-order chi connectivity index (χ0) is 18.6. The SMILES string of the molecule is O=C(NCCN1CCCC1)c1cc(-c2cccs2)nn1-c1ccc(Cl)cc1. The summed E-state index contributed by atoms with van der Waals surface area (Å²) >= 11 is 7.61. The van der Waals surface area contributed by atoms with E-state index in [4.69, 9.17) is 11.6 Å². The molecule has 1 saturated heterocycles. The van der Waals surface area contributed by atoms with E-state index in [0.29, 0.717) is 17.3 Å². The van der Waals surface area contributed by atoms with Crippen molar-refractivity contribution in [3.05, 3.63) is 58.6 Å². The van der Waals surface area contributed by atoms with Crippen LogP contribution in [0.2, 0.25) is 5.02 Å². The lowest BCUT2D eigenvalue weighted by Gasteiger charge is -2.15. The van der Waals surface area contributed by atoms with Crippen LogP contribution in [0.5, 0.6) is 0 Å². The number of hydrogen-bond acceptors (Lipinski definition) is 4. The molecule has 1 aliphatic rings. The Bertz CT molecular complexity index is 899. The first-order chi connectivity index (χ1) is 13.2. The van der Waals surface area contributed by atoms with Crippen LogP contribution in [-0.2, 0) is 0 Å². The summed E-state index contributed by atoms with van der Waals surface area (Å²) in [6.07, 6.45) is 2.50. The minimum absolute atomic E-state index is 0.112. The van der Waals surface area contributed by atoms with Gasteiger partial charge in [-0.05, 0) is 67.7 Å². The molecule has 0 aliphatic carbocycles. The van der Waals surface area contributed by atoms with Crippen LogP contribution in [0.25, 0.3) is 16.3 Å². The van der Waals surface area contributed by atoms with Crippen molar-refractivity contribution in [1.29, 1.82) is 0 Å². The predicted molar refractivity (Wildman–Crippen MR) is 110 cm³/mol. The maximum atomic E-state index is 12.8. The number of benzene rings is 1. The topological polar surface area (TPSA) is 50.2 Å². The Balaban J connectivity index is 1.57. The van der Waals surface area contributed by atoms with Crippen molar-refractivity contribution in [1.82, 2.24) is 20.0 Å². The summed E-state index contributed by atoms with van der Waals surface area (Å²) in [5.41, 5.74) is 2.14. The van der Waals surface area contributed by atoms with Gasteiger partial charge < -0.3 is 10.2 Å². The van der Waals surface area contributed by atoms with Crippen LogP contribution < -0.4 is 5.32 Å². The zero-order valence-electron chi connectivity index (χ0n) is 14.9. The minimum Gasteiger partial charge on any atom is -0.349 e. The highest BCUT2D eigenvalue weighted by molar-refractivity contribution is 7.13. The van der Waals surface area contributed by atoms with Gasteiger partial charge in [-0.15, -0.1) is 11.3 Å². The van der Waals surface area contributed by atoms with Gasteiger partial charge >= 0.3 is 0 Å². The molecule has 140 valence electrons. The van der Waals surface area contributed by atoms with Crippen LogP contribution in [0.15, 0.2) is 47.8 Å². The Morgan fingerprint density at radius 2 is 1.96 bits per heavy atom. The highest BCUT2D eigenvalue weighted by Crippen LogP contribution is 2.26.